The van der Waals surface area contributed by atoms with Crippen LogP contribution in [0.4, 0.5) is 0 Å². The van der Waals surface area contributed by atoms with Crippen LogP contribution >= 0.6 is 0 Å². The molecule has 0 fully saturated rings. The third-order valence-electron chi connectivity index (χ3n) is 4.43. The maximum absolute atomic E-state index is 5.59. The van der Waals surface area contributed by atoms with Crippen molar-refractivity contribution in [3.8, 4) is 11.5 Å². The van der Waals surface area contributed by atoms with Crippen LogP contribution in [-0.2, 0) is 12.8 Å². The second-order valence-corrected chi connectivity index (χ2v) is 5.60. The van der Waals surface area contributed by atoms with Gasteiger partial charge in [-0.05, 0) is 41.7 Å². The molecule has 0 saturated heterocycles. The van der Waals surface area contributed by atoms with Crippen molar-refractivity contribution >= 4 is 0 Å². The van der Waals surface area contributed by atoms with Crippen molar-refractivity contribution in [2.45, 2.75) is 25.8 Å². The number of hydrogen-bond acceptors (Lipinski definition) is 3. The number of rotatable bonds is 4. The van der Waals surface area contributed by atoms with E-state index in [0.717, 1.165) is 36.4 Å². The quantitative estimate of drug-likeness (QED) is 0.937. The minimum atomic E-state index is 0.112. The molecule has 1 N–H and O–H groups in total. The molecule has 2 aromatic carbocycles. The van der Waals surface area contributed by atoms with Crippen molar-refractivity contribution in [2.75, 3.05) is 20.8 Å². The van der Waals surface area contributed by atoms with Gasteiger partial charge in [0.1, 0.15) is 11.5 Å². The Balaban J connectivity index is 2.15. The van der Waals surface area contributed by atoms with Crippen LogP contribution in [0, 0.1) is 0 Å². The molecule has 3 heteroatoms. The Bertz CT molecular complexity index is 644. The van der Waals surface area contributed by atoms with Crippen molar-refractivity contribution in [3.05, 3.63) is 58.7 Å². The normalized spacial score (nSPS) is 17.0. The van der Waals surface area contributed by atoms with E-state index >= 15 is 0 Å². The molecule has 22 heavy (non-hydrogen) atoms. The first-order valence-corrected chi connectivity index (χ1v) is 7.84. The summed E-state index contributed by atoms with van der Waals surface area (Å²) in [6.45, 7) is 3.15. The maximum Gasteiger partial charge on any atom is 0.127 e. The van der Waals surface area contributed by atoms with Crippen LogP contribution in [0.25, 0.3) is 0 Å². The molecule has 0 saturated carbocycles. The summed E-state index contributed by atoms with van der Waals surface area (Å²) in [6, 6.07) is 12.9. The highest BCUT2D eigenvalue weighted by molar-refractivity contribution is 5.53. The first kappa shape index (κ1) is 14.9. The lowest BCUT2D eigenvalue weighted by molar-refractivity contribution is 0.375. The monoisotopic (exact) mass is 297 g/mol. The Hall–Kier alpha value is -2.00. The second kappa shape index (κ2) is 6.41. The van der Waals surface area contributed by atoms with E-state index in [1.165, 1.54) is 16.7 Å². The Kier molecular flexibility index (Phi) is 4.34. The average Bonchev–Trinajstić information content (AvgIpc) is 2.59. The van der Waals surface area contributed by atoms with Gasteiger partial charge in [-0.2, -0.15) is 0 Å². The van der Waals surface area contributed by atoms with Crippen LogP contribution in [-0.4, -0.2) is 20.8 Å². The summed E-state index contributed by atoms with van der Waals surface area (Å²) >= 11 is 0. The number of aryl methyl sites for hydroxylation is 1. The Morgan fingerprint density at radius 1 is 1.09 bits per heavy atom. The second-order valence-electron chi connectivity index (χ2n) is 5.60. The SMILES string of the molecule is CCc1ccc2c(c1)C(c1c(OC)cccc1OC)NCC2. The molecule has 3 rings (SSSR count). The first-order chi connectivity index (χ1) is 10.8. The molecule has 0 aromatic heterocycles. The number of methoxy groups -OCH3 is 2. The van der Waals surface area contributed by atoms with Crippen molar-refractivity contribution < 1.29 is 9.47 Å². The number of fused-ring (bicyclic) bond motifs is 1. The van der Waals surface area contributed by atoms with Crippen molar-refractivity contribution in [3.63, 3.8) is 0 Å². The molecule has 1 aliphatic rings. The van der Waals surface area contributed by atoms with Gasteiger partial charge in [0.15, 0.2) is 0 Å². The van der Waals surface area contributed by atoms with Crippen LogP contribution in [0.3, 0.4) is 0 Å². The van der Waals surface area contributed by atoms with Gasteiger partial charge in [-0.1, -0.05) is 31.2 Å². The summed E-state index contributed by atoms with van der Waals surface area (Å²) < 4.78 is 11.2. The van der Waals surface area contributed by atoms with Crippen molar-refractivity contribution in [2.24, 2.45) is 0 Å². The van der Waals surface area contributed by atoms with Crippen LogP contribution in [0.5, 0.6) is 11.5 Å². The van der Waals surface area contributed by atoms with Crippen LogP contribution in [0.2, 0.25) is 0 Å². The zero-order valence-electron chi connectivity index (χ0n) is 13.5. The molecular weight excluding hydrogens is 274 g/mol. The summed E-state index contributed by atoms with van der Waals surface area (Å²) in [7, 11) is 3.43. The van der Waals surface area contributed by atoms with Gasteiger partial charge in [0.2, 0.25) is 0 Å². The fourth-order valence-electron chi connectivity index (χ4n) is 3.24. The molecular formula is C19H23NO2. The van der Waals surface area contributed by atoms with Gasteiger partial charge in [-0.25, -0.2) is 0 Å². The van der Waals surface area contributed by atoms with E-state index in [9.17, 15) is 0 Å². The molecule has 0 radical (unpaired) electrons. The van der Waals surface area contributed by atoms with Crippen LogP contribution in [0.15, 0.2) is 36.4 Å². The van der Waals surface area contributed by atoms with E-state index in [1.807, 2.05) is 18.2 Å². The lowest BCUT2D eigenvalue weighted by atomic mass is 9.87. The topological polar surface area (TPSA) is 30.5 Å². The van der Waals surface area contributed by atoms with E-state index < -0.39 is 0 Å². The Morgan fingerprint density at radius 2 is 1.82 bits per heavy atom. The third-order valence-corrected chi connectivity index (χ3v) is 4.43. The summed E-state index contributed by atoms with van der Waals surface area (Å²) in [5.41, 5.74) is 5.20. The van der Waals surface area contributed by atoms with Gasteiger partial charge in [-0.15, -0.1) is 0 Å². The third kappa shape index (κ3) is 2.57. The largest absolute Gasteiger partial charge is 0.496 e. The number of benzene rings is 2. The molecule has 2 aromatic rings. The maximum atomic E-state index is 5.59. The predicted octanol–water partition coefficient (Wildman–Crippen LogP) is 3.50. The fourth-order valence-corrected chi connectivity index (χ4v) is 3.24. The smallest absolute Gasteiger partial charge is 0.127 e. The molecule has 1 atom stereocenters. The molecule has 1 unspecified atom stereocenters. The highest BCUT2D eigenvalue weighted by atomic mass is 16.5. The fraction of sp³-hybridized carbons (Fsp3) is 0.368. The molecule has 1 heterocycles. The predicted molar refractivity (Wildman–Crippen MR) is 88.9 cm³/mol. The summed E-state index contributed by atoms with van der Waals surface area (Å²) in [5, 5.41) is 3.63. The van der Waals surface area contributed by atoms with E-state index in [2.05, 4.69) is 30.4 Å². The molecule has 0 amide bonds. The van der Waals surface area contributed by atoms with Gasteiger partial charge >= 0.3 is 0 Å². The zero-order valence-corrected chi connectivity index (χ0v) is 13.5. The molecule has 116 valence electrons. The van der Waals surface area contributed by atoms with E-state index in [4.69, 9.17) is 9.47 Å². The lowest BCUT2D eigenvalue weighted by Gasteiger charge is -2.30. The average molecular weight is 297 g/mol. The van der Waals surface area contributed by atoms with E-state index in [-0.39, 0.29) is 6.04 Å². The molecule has 0 aliphatic carbocycles. The minimum absolute atomic E-state index is 0.112. The van der Waals surface area contributed by atoms with Gasteiger partial charge in [0.25, 0.3) is 0 Å². The standard InChI is InChI=1S/C19H23NO2/c1-4-13-8-9-14-10-11-20-19(15(14)12-13)18-16(21-2)6-5-7-17(18)22-3/h5-9,12,19-20H,4,10-11H2,1-3H3. The van der Waals surface area contributed by atoms with Gasteiger partial charge in [0.05, 0.1) is 25.8 Å². The van der Waals surface area contributed by atoms with Crippen LogP contribution in [0.1, 0.15) is 35.2 Å². The number of ether oxygens (including phenoxy) is 2. The first-order valence-electron chi connectivity index (χ1n) is 7.84. The van der Waals surface area contributed by atoms with Gasteiger partial charge in [-0.3, -0.25) is 0 Å². The Morgan fingerprint density at radius 3 is 2.45 bits per heavy atom. The molecule has 1 aliphatic heterocycles. The zero-order chi connectivity index (χ0) is 15.5. The summed E-state index contributed by atoms with van der Waals surface area (Å²) in [4.78, 5) is 0. The summed E-state index contributed by atoms with van der Waals surface area (Å²) in [5.74, 6) is 1.73. The molecule has 3 nitrogen and oxygen atoms in total. The summed E-state index contributed by atoms with van der Waals surface area (Å²) in [6.07, 6.45) is 2.11. The van der Waals surface area contributed by atoms with Gasteiger partial charge < -0.3 is 14.8 Å². The lowest BCUT2D eigenvalue weighted by Crippen LogP contribution is -2.31. The van der Waals surface area contributed by atoms with Gasteiger partial charge in [0, 0.05) is 6.54 Å². The van der Waals surface area contributed by atoms with Crippen molar-refractivity contribution in [1.82, 2.24) is 5.32 Å². The molecule has 0 bridgehead atoms. The number of nitrogens with one attached hydrogen (secondary N) is 1. The minimum Gasteiger partial charge on any atom is -0.496 e. The molecule has 0 spiro atoms. The van der Waals surface area contributed by atoms with Crippen molar-refractivity contribution in [1.29, 1.82) is 0 Å². The van der Waals surface area contributed by atoms with E-state index in [0.29, 0.717) is 0 Å². The number of hydrogen-bond donors (Lipinski definition) is 1. The van der Waals surface area contributed by atoms with Crippen LogP contribution < -0.4 is 14.8 Å². The highest BCUT2D eigenvalue weighted by Gasteiger charge is 2.27. The highest BCUT2D eigenvalue weighted by Crippen LogP contribution is 2.40. The van der Waals surface area contributed by atoms with E-state index in [1.54, 1.807) is 14.2 Å². The Labute approximate surface area is 132 Å².